The highest BCUT2D eigenvalue weighted by atomic mass is 16.5. The molecule has 0 aromatic rings. The third-order valence-electron chi connectivity index (χ3n) is 3.07. The van der Waals surface area contributed by atoms with Gasteiger partial charge in [-0.2, -0.15) is 0 Å². The molecule has 1 aliphatic heterocycles. The van der Waals surface area contributed by atoms with Gasteiger partial charge in [-0.15, -0.1) is 0 Å². The highest BCUT2D eigenvalue weighted by Crippen LogP contribution is 2.18. The van der Waals surface area contributed by atoms with Crippen molar-refractivity contribution in [1.29, 1.82) is 0 Å². The van der Waals surface area contributed by atoms with Crippen molar-refractivity contribution in [3.8, 4) is 0 Å². The molecule has 0 bridgehead atoms. The van der Waals surface area contributed by atoms with Crippen LogP contribution >= 0.6 is 0 Å². The van der Waals surface area contributed by atoms with Gasteiger partial charge in [0.2, 0.25) is 5.91 Å². The zero-order valence-corrected chi connectivity index (χ0v) is 10.5. The molecular weight excluding hydrogens is 240 g/mol. The predicted octanol–water partition coefficient (Wildman–Crippen LogP) is -0.739. The van der Waals surface area contributed by atoms with E-state index in [0.717, 1.165) is 13.0 Å². The second-order valence-electron chi connectivity index (χ2n) is 4.51. The number of aliphatic carboxylic acids is 1. The van der Waals surface area contributed by atoms with Crippen LogP contribution in [-0.4, -0.2) is 48.2 Å². The zero-order valence-electron chi connectivity index (χ0n) is 10.5. The van der Waals surface area contributed by atoms with E-state index in [2.05, 4.69) is 15.4 Å². The molecule has 1 rings (SSSR count). The number of carbonyl (C=O) groups is 3. The van der Waals surface area contributed by atoms with E-state index in [9.17, 15) is 14.4 Å². The highest BCUT2D eigenvalue weighted by molar-refractivity contribution is 5.91. The van der Waals surface area contributed by atoms with Crippen LogP contribution in [0.2, 0.25) is 0 Å². The number of ether oxygens (including phenoxy) is 1. The van der Waals surface area contributed by atoms with Crippen molar-refractivity contribution in [3.63, 3.8) is 0 Å². The van der Waals surface area contributed by atoms with Crippen LogP contribution in [-0.2, 0) is 19.1 Å². The first-order valence-corrected chi connectivity index (χ1v) is 5.74. The molecule has 0 aliphatic carbocycles. The average molecular weight is 258 g/mol. The Hall–Kier alpha value is -1.63. The van der Waals surface area contributed by atoms with Gasteiger partial charge < -0.3 is 20.5 Å². The van der Waals surface area contributed by atoms with E-state index >= 15 is 0 Å². The molecule has 1 aliphatic rings. The minimum Gasteiger partial charge on any atom is -0.480 e. The second kappa shape index (κ2) is 5.81. The van der Waals surface area contributed by atoms with Crippen molar-refractivity contribution in [2.75, 3.05) is 13.7 Å². The van der Waals surface area contributed by atoms with Crippen molar-refractivity contribution < 1.29 is 24.2 Å². The summed E-state index contributed by atoms with van der Waals surface area (Å²) in [5.74, 6) is -2.33. The summed E-state index contributed by atoms with van der Waals surface area (Å²) < 4.78 is 4.39. The topological polar surface area (TPSA) is 105 Å². The number of carboxylic acids is 1. The summed E-state index contributed by atoms with van der Waals surface area (Å²) in [6.07, 6.45) is 1.12. The quantitative estimate of drug-likeness (QED) is 0.561. The maximum absolute atomic E-state index is 12.0. The molecule has 2 atom stereocenters. The van der Waals surface area contributed by atoms with E-state index in [-0.39, 0.29) is 6.42 Å². The fraction of sp³-hybridized carbons (Fsp3) is 0.727. The first kappa shape index (κ1) is 14.4. The second-order valence-corrected chi connectivity index (χ2v) is 4.51. The maximum Gasteiger partial charge on any atom is 0.326 e. The number of methoxy groups -OCH3 is 1. The molecule has 3 N–H and O–H groups in total. The van der Waals surface area contributed by atoms with E-state index in [1.807, 2.05) is 0 Å². The summed E-state index contributed by atoms with van der Waals surface area (Å²) in [6.45, 7) is 2.44. The molecular formula is C11H18N2O5. The third-order valence-corrected chi connectivity index (χ3v) is 3.07. The van der Waals surface area contributed by atoms with Gasteiger partial charge >= 0.3 is 11.9 Å². The number of hydrogen-bond donors (Lipinski definition) is 3. The fourth-order valence-electron chi connectivity index (χ4n) is 1.86. The standard InChI is InChI=1S/C11H18N2O5/c1-11(4-3-5-12-11)10(17)13-7(9(15)16)6-8(14)18-2/h7,12H,3-6H2,1-2H3,(H,13,17)(H,15,16)/t7-,11?/m0/s1. The predicted molar refractivity (Wildman–Crippen MR) is 61.8 cm³/mol. The molecule has 7 nitrogen and oxygen atoms in total. The summed E-state index contributed by atoms with van der Waals surface area (Å²) >= 11 is 0. The van der Waals surface area contributed by atoms with E-state index < -0.39 is 29.4 Å². The van der Waals surface area contributed by atoms with Gasteiger partial charge in [0.15, 0.2) is 0 Å². The highest BCUT2D eigenvalue weighted by Gasteiger charge is 2.38. The number of rotatable bonds is 5. The molecule has 7 heteroatoms. The van der Waals surface area contributed by atoms with E-state index in [0.29, 0.717) is 6.42 Å². The first-order valence-electron chi connectivity index (χ1n) is 5.74. The SMILES string of the molecule is COC(=O)C[C@H](NC(=O)C1(C)CCCN1)C(=O)O. The van der Waals surface area contributed by atoms with E-state index in [4.69, 9.17) is 5.11 Å². The van der Waals surface area contributed by atoms with Gasteiger partial charge in [0, 0.05) is 0 Å². The van der Waals surface area contributed by atoms with E-state index in [1.54, 1.807) is 6.92 Å². The average Bonchev–Trinajstić information content (AvgIpc) is 2.76. The van der Waals surface area contributed by atoms with E-state index in [1.165, 1.54) is 7.11 Å². The maximum atomic E-state index is 12.0. The molecule has 1 heterocycles. The van der Waals surface area contributed by atoms with Gasteiger partial charge in [-0.3, -0.25) is 9.59 Å². The van der Waals surface area contributed by atoms with Gasteiger partial charge in [0.1, 0.15) is 6.04 Å². The van der Waals surface area contributed by atoms with Crippen LogP contribution < -0.4 is 10.6 Å². The van der Waals surface area contributed by atoms with Gasteiger partial charge in [-0.05, 0) is 26.3 Å². The summed E-state index contributed by atoms with van der Waals surface area (Å²) in [7, 11) is 1.17. The Morgan fingerprint density at radius 3 is 2.61 bits per heavy atom. The summed E-state index contributed by atoms with van der Waals surface area (Å²) in [5.41, 5.74) is -0.760. The minimum atomic E-state index is -1.26. The Morgan fingerprint density at radius 2 is 2.17 bits per heavy atom. The minimum absolute atomic E-state index is 0.381. The van der Waals surface area contributed by atoms with Crippen molar-refractivity contribution >= 4 is 17.8 Å². The Kier molecular flexibility index (Phi) is 4.66. The van der Waals surface area contributed by atoms with Crippen molar-refractivity contribution in [2.24, 2.45) is 0 Å². The number of hydrogen-bond acceptors (Lipinski definition) is 5. The number of esters is 1. The van der Waals surface area contributed by atoms with Gasteiger partial charge in [-0.25, -0.2) is 4.79 Å². The number of amides is 1. The number of nitrogens with one attached hydrogen (secondary N) is 2. The Morgan fingerprint density at radius 1 is 1.50 bits per heavy atom. The normalized spacial score (nSPS) is 24.3. The molecule has 0 aromatic heterocycles. The number of carboxylic acid groups (broad SMARTS) is 1. The monoisotopic (exact) mass is 258 g/mol. The third kappa shape index (κ3) is 3.43. The van der Waals surface area contributed by atoms with Crippen LogP contribution in [0.15, 0.2) is 0 Å². The molecule has 1 fully saturated rings. The first-order chi connectivity index (χ1) is 8.39. The molecule has 0 aromatic carbocycles. The van der Waals surface area contributed by atoms with Gasteiger partial charge in [0.05, 0.1) is 19.1 Å². The molecule has 1 amide bonds. The molecule has 102 valence electrons. The van der Waals surface area contributed by atoms with Crippen molar-refractivity contribution in [2.45, 2.75) is 37.8 Å². The lowest BCUT2D eigenvalue weighted by atomic mass is 9.98. The molecule has 0 radical (unpaired) electrons. The fourth-order valence-corrected chi connectivity index (χ4v) is 1.86. The smallest absolute Gasteiger partial charge is 0.326 e. The van der Waals surface area contributed by atoms with Crippen LogP contribution in [0.3, 0.4) is 0 Å². The van der Waals surface area contributed by atoms with Crippen molar-refractivity contribution in [3.05, 3.63) is 0 Å². The molecule has 18 heavy (non-hydrogen) atoms. The van der Waals surface area contributed by atoms with Gasteiger partial charge in [0.25, 0.3) is 0 Å². The van der Waals surface area contributed by atoms with Crippen molar-refractivity contribution in [1.82, 2.24) is 10.6 Å². The zero-order chi connectivity index (χ0) is 13.8. The van der Waals surface area contributed by atoms with Crippen LogP contribution in [0, 0.1) is 0 Å². The van der Waals surface area contributed by atoms with Crippen LogP contribution in [0.4, 0.5) is 0 Å². The summed E-state index contributed by atoms with van der Waals surface area (Å²) in [5, 5.41) is 14.3. The summed E-state index contributed by atoms with van der Waals surface area (Å²) in [4.78, 5) is 34.0. The van der Waals surface area contributed by atoms with Crippen LogP contribution in [0.25, 0.3) is 0 Å². The lowest BCUT2D eigenvalue weighted by molar-refractivity contribution is -0.149. The molecule has 1 unspecified atom stereocenters. The van der Waals surface area contributed by atoms with Gasteiger partial charge in [-0.1, -0.05) is 0 Å². The summed E-state index contributed by atoms with van der Waals surface area (Å²) in [6, 6.07) is -1.26. The lowest BCUT2D eigenvalue weighted by Crippen LogP contribution is -2.55. The number of carbonyl (C=O) groups excluding carboxylic acids is 2. The Balaban J connectivity index is 2.63. The molecule has 0 spiro atoms. The Labute approximate surface area is 105 Å². The van der Waals surface area contributed by atoms with Crippen LogP contribution in [0.1, 0.15) is 26.2 Å². The molecule has 0 saturated carbocycles. The molecule has 1 saturated heterocycles. The Bertz CT molecular complexity index is 349. The lowest BCUT2D eigenvalue weighted by Gasteiger charge is -2.25. The van der Waals surface area contributed by atoms with Crippen LogP contribution in [0.5, 0.6) is 0 Å². The largest absolute Gasteiger partial charge is 0.480 e.